The summed E-state index contributed by atoms with van der Waals surface area (Å²) in [7, 11) is 1.58. The molecule has 0 radical (unpaired) electrons. The highest BCUT2D eigenvalue weighted by Gasteiger charge is 2.34. The second-order valence-electron chi connectivity index (χ2n) is 9.78. The van der Waals surface area contributed by atoms with E-state index in [9.17, 15) is 14.7 Å². The molecule has 9 heteroatoms. The Kier molecular flexibility index (Phi) is 5.97. The van der Waals surface area contributed by atoms with Crippen molar-refractivity contribution in [2.24, 2.45) is 7.05 Å². The van der Waals surface area contributed by atoms with E-state index in [1.807, 2.05) is 24.3 Å². The maximum absolute atomic E-state index is 13.4. The fraction of sp³-hybridized carbons (Fsp3) is 0.259. The molecule has 0 fully saturated rings. The third-order valence-corrected chi connectivity index (χ3v) is 7.77. The highest BCUT2D eigenvalue weighted by atomic mass is 32.1. The zero-order valence-electron chi connectivity index (χ0n) is 20.6. The summed E-state index contributed by atoms with van der Waals surface area (Å²) < 4.78 is 1.25. The van der Waals surface area contributed by atoms with Crippen LogP contribution in [-0.2, 0) is 25.6 Å². The third-order valence-electron chi connectivity index (χ3n) is 6.18. The minimum Gasteiger partial charge on any atom is -0.392 e. The van der Waals surface area contributed by atoms with Gasteiger partial charge < -0.3 is 15.3 Å². The molecule has 1 aliphatic rings. The van der Waals surface area contributed by atoms with Crippen LogP contribution in [0, 0.1) is 0 Å². The van der Waals surface area contributed by atoms with Gasteiger partial charge in [0.25, 0.3) is 11.5 Å². The Morgan fingerprint density at radius 2 is 1.92 bits per heavy atom. The molecule has 1 aromatic carbocycles. The Morgan fingerprint density at radius 3 is 2.58 bits per heavy atom. The van der Waals surface area contributed by atoms with E-state index in [0.29, 0.717) is 40.6 Å². The fourth-order valence-electron chi connectivity index (χ4n) is 4.29. The van der Waals surface area contributed by atoms with E-state index in [-0.39, 0.29) is 23.5 Å². The normalized spacial score (nSPS) is 13.2. The number of aromatic nitrogens is 3. The van der Waals surface area contributed by atoms with Gasteiger partial charge >= 0.3 is 0 Å². The van der Waals surface area contributed by atoms with Gasteiger partial charge in [0.05, 0.1) is 29.4 Å². The number of pyridine rings is 1. The van der Waals surface area contributed by atoms with E-state index >= 15 is 0 Å². The predicted octanol–water partition coefficient (Wildman–Crippen LogP) is 4.60. The molecule has 0 bridgehead atoms. The lowest BCUT2D eigenvalue weighted by Gasteiger charge is -2.22. The third kappa shape index (κ3) is 4.20. The summed E-state index contributed by atoms with van der Waals surface area (Å²) in [6, 6.07) is 14.7. The number of carbonyl (C=O) groups is 1. The van der Waals surface area contributed by atoms with Crippen molar-refractivity contribution in [2.45, 2.75) is 39.3 Å². The minimum absolute atomic E-state index is 0.0216. The van der Waals surface area contributed by atoms with Gasteiger partial charge in [-0.25, -0.2) is 9.67 Å². The highest BCUT2D eigenvalue weighted by Crippen LogP contribution is 2.41. The smallest absolute Gasteiger partial charge is 0.290 e. The van der Waals surface area contributed by atoms with Gasteiger partial charge in [-0.1, -0.05) is 39.0 Å². The maximum Gasteiger partial charge on any atom is 0.290 e. The van der Waals surface area contributed by atoms with Gasteiger partial charge in [-0.05, 0) is 41.3 Å². The molecule has 0 spiro atoms. The molecule has 36 heavy (non-hydrogen) atoms. The summed E-state index contributed by atoms with van der Waals surface area (Å²) >= 11 is 1.54. The average molecular weight is 502 g/mol. The van der Waals surface area contributed by atoms with Crippen LogP contribution in [0.1, 0.15) is 46.4 Å². The van der Waals surface area contributed by atoms with Gasteiger partial charge in [-0.3, -0.25) is 9.59 Å². The first-order valence-electron chi connectivity index (χ1n) is 11.6. The lowest BCUT2D eigenvalue weighted by Crippen LogP contribution is -2.25. The number of aliphatic hydroxyl groups is 1. The van der Waals surface area contributed by atoms with E-state index in [0.717, 1.165) is 10.4 Å². The number of fused-ring (bicyclic) bond motifs is 1. The summed E-state index contributed by atoms with van der Waals surface area (Å²) in [5.41, 5.74) is 3.34. The van der Waals surface area contributed by atoms with Crippen molar-refractivity contribution in [2.75, 3.05) is 10.2 Å². The Balaban J connectivity index is 1.54. The molecule has 3 aromatic heterocycles. The number of amides is 1. The van der Waals surface area contributed by atoms with Gasteiger partial charge in [0.15, 0.2) is 0 Å². The number of hydrogen-bond donors (Lipinski definition) is 2. The predicted molar refractivity (Wildman–Crippen MR) is 142 cm³/mol. The van der Waals surface area contributed by atoms with Crippen LogP contribution in [0.2, 0.25) is 0 Å². The van der Waals surface area contributed by atoms with E-state index in [2.05, 4.69) is 42.2 Å². The monoisotopic (exact) mass is 501 g/mol. The molecule has 0 saturated heterocycles. The van der Waals surface area contributed by atoms with Crippen molar-refractivity contribution in [1.82, 2.24) is 14.8 Å². The van der Waals surface area contributed by atoms with Crippen LogP contribution in [0.3, 0.4) is 0 Å². The number of nitrogens with zero attached hydrogens (tertiary/aromatic N) is 4. The lowest BCUT2D eigenvalue weighted by molar-refractivity contribution is 0.0999. The summed E-state index contributed by atoms with van der Waals surface area (Å²) in [5, 5.41) is 17.9. The number of thiophene rings is 1. The Hall–Kier alpha value is -3.82. The fourth-order valence-corrected chi connectivity index (χ4v) is 5.47. The number of nitrogens with one attached hydrogen (secondary N) is 1. The number of aryl methyl sites for hydroxylation is 1. The van der Waals surface area contributed by atoms with Crippen molar-refractivity contribution in [1.29, 1.82) is 0 Å². The average Bonchev–Trinajstić information content (AvgIpc) is 3.41. The Labute approximate surface area is 212 Å². The Morgan fingerprint density at radius 1 is 1.11 bits per heavy atom. The molecule has 8 nitrogen and oxygen atoms in total. The van der Waals surface area contributed by atoms with Gasteiger partial charge in [0, 0.05) is 29.2 Å². The van der Waals surface area contributed by atoms with Crippen LogP contribution in [0.15, 0.2) is 59.5 Å². The Bertz CT molecular complexity index is 1520. The van der Waals surface area contributed by atoms with Crippen molar-refractivity contribution >= 4 is 34.4 Å². The van der Waals surface area contributed by atoms with Gasteiger partial charge in [-0.15, -0.1) is 11.3 Å². The standard InChI is InChI=1S/C27H27N5O3S/c1-27(2,3)22-12-16-14-32(26(35)24(16)36-22)21-9-7-8-17(18(21)15-33)19-13-20(25(34)31(4)30-19)29-23-10-5-6-11-28-23/h5-13,33H,14-15H2,1-4H3,(H,28,29). The molecule has 1 aliphatic heterocycles. The van der Waals surface area contributed by atoms with E-state index < -0.39 is 0 Å². The topological polar surface area (TPSA) is 100 Å². The van der Waals surface area contributed by atoms with Crippen LogP contribution in [0.5, 0.6) is 0 Å². The van der Waals surface area contributed by atoms with Crippen LogP contribution in [0.25, 0.3) is 11.3 Å². The number of benzene rings is 1. The van der Waals surface area contributed by atoms with E-state index in [1.165, 1.54) is 20.9 Å². The van der Waals surface area contributed by atoms with E-state index in [1.54, 1.807) is 36.3 Å². The number of hydrogen-bond acceptors (Lipinski definition) is 7. The second kappa shape index (κ2) is 9.00. The quantitative estimate of drug-likeness (QED) is 0.415. The minimum atomic E-state index is -0.306. The van der Waals surface area contributed by atoms with Gasteiger partial charge in [-0.2, -0.15) is 5.10 Å². The van der Waals surface area contributed by atoms with Crippen LogP contribution in [0.4, 0.5) is 17.2 Å². The summed E-state index contributed by atoms with van der Waals surface area (Å²) in [6.07, 6.45) is 1.64. The SMILES string of the molecule is Cn1nc(-c2cccc(N3Cc4cc(C(C)(C)C)sc4C3=O)c2CO)cc(Nc2ccccn2)c1=O. The summed E-state index contributed by atoms with van der Waals surface area (Å²) in [4.78, 5) is 34.0. The van der Waals surface area contributed by atoms with Crippen molar-refractivity contribution in [3.8, 4) is 11.3 Å². The zero-order valence-corrected chi connectivity index (χ0v) is 21.4. The first-order valence-corrected chi connectivity index (χ1v) is 12.4. The molecular formula is C27H27N5O3S. The number of carbonyl (C=O) groups excluding carboxylic acids is 1. The zero-order chi connectivity index (χ0) is 25.6. The molecule has 4 heterocycles. The molecule has 1 amide bonds. The van der Waals surface area contributed by atoms with Crippen LogP contribution >= 0.6 is 11.3 Å². The largest absolute Gasteiger partial charge is 0.392 e. The van der Waals surface area contributed by atoms with Crippen molar-refractivity contribution < 1.29 is 9.90 Å². The van der Waals surface area contributed by atoms with Gasteiger partial charge in [0.2, 0.25) is 0 Å². The first-order chi connectivity index (χ1) is 17.2. The molecular weight excluding hydrogens is 474 g/mol. The van der Waals surface area contributed by atoms with Crippen molar-refractivity contribution in [3.63, 3.8) is 0 Å². The second-order valence-corrected chi connectivity index (χ2v) is 10.8. The number of anilines is 3. The van der Waals surface area contributed by atoms with Gasteiger partial charge in [0.1, 0.15) is 11.5 Å². The molecule has 0 atom stereocenters. The molecule has 0 unspecified atom stereocenters. The molecule has 2 N–H and O–H groups in total. The first kappa shape index (κ1) is 23.9. The van der Waals surface area contributed by atoms with E-state index in [4.69, 9.17) is 0 Å². The number of aliphatic hydroxyl groups excluding tert-OH is 1. The summed E-state index contributed by atoms with van der Waals surface area (Å²) in [6.45, 7) is 6.58. The molecule has 4 aromatic rings. The molecule has 184 valence electrons. The lowest BCUT2D eigenvalue weighted by atomic mass is 9.94. The highest BCUT2D eigenvalue weighted by molar-refractivity contribution is 7.14. The summed E-state index contributed by atoms with van der Waals surface area (Å²) in [5.74, 6) is 0.467. The molecule has 5 rings (SSSR count). The van der Waals surface area contributed by atoms with Crippen LogP contribution in [-0.4, -0.2) is 25.8 Å². The number of rotatable bonds is 5. The molecule has 0 aliphatic carbocycles. The molecule has 0 saturated carbocycles. The van der Waals surface area contributed by atoms with Crippen molar-refractivity contribution in [3.05, 3.63) is 86.0 Å². The van der Waals surface area contributed by atoms with Crippen LogP contribution < -0.4 is 15.8 Å². The maximum atomic E-state index is 13.4.